The van der Waals surface area contributed by atoms with E-state index in [1.54, 1.807) is 13.0 Å². The molecule has 0 saturated heterocycles. The molecular formula is C15H16FNO2. The molecule has 1 aromatic heterocycles. The summed E-state index contributed by atoms with van der Waals surface area (Å²) in [6.45, 7) is 1.79. The van der Waals surface area contributed by atoms with E-state index in [1.165, 1.54) is 12.1 Å². The number of halogens is 1. The summed E-state index contributed by atoms with van der Waals surface area (Å²) >= 11 is 0. The van der Waals surface area contributed by atoms with Crippen LogP contribution in [0.3, 0.4) is 0 Å². The van der Waals surface area contributed by atoms with Crippen molar-refractivity contribution in [2.45, 2.75) is 38.6 Å². The second-order valence-corrected chi connectivity index (χ2v) is 5.15. The number of hydrogen-bond donors (Lipinski definition) is 1. The van der Waals surface area contributed by atoms with Gasteiger partial charge < -0.3 is 9.73 Å². The molecule has 0 bridgehead atoms. The lowest BCUT2D eigenvalue weighted by atomic mass is 10.1. The molecule has 1 aliphatic carbocycles. The number of furan rings is 1. The second-order valence-electron chi connectivity index (χ2n) is 5.15. The highest BCUT2D eigenvalue weighted by atomic mass is 19.1. The summed E-state index contributed by atoms with van der Waals surface area (Å²) in [6.07, 6.45) is 4.38. The van der Waals surface area contributed by atoms with Gasteiger partial charge in [0.25, 0.3) is 5.91 Å². The molecule has 2 aromatic rings. The summed E-state index contributed by atoms with van der Waals surface area (Å²) < 4.78 is 18.8. The van der Waals surface area contributed by atoms with Gasteiger partial charge in [-0.3, -0.25) is 4.79 Å². The van der Waals surface area contributed by atoms with E-state index in [-0.39, 0.29) is 17.8 Å². The van der Waals surface area contributed by atoms with Crippen molar-refractivity contribution in [1.29, 1.82) is 0 Å². The van der Waals surface area contributed by atoms with Crippen LogP contribution in [0.4, 0.5) is 4.39 Å². The fourth-order valence-electron chi connectivity index (χ4n) is 2.73. The summed E-state index contributed by atoms with van der Waals surface area (Å²) in [7, 11) is 0. The van der Waals surface area contributed by atoms with Crippen molar-refractivity contribution in [3.63, 3.8) is 0 Å². The molecule has 4 heteroatoms. The van der Waals surface area contributed by atoms with Gasteiger partial charge in [0.1, 0.15) is 11.4 Å². The monoisotopic (exact) mass is 261 g/mol. The smallest absolute Gasteiger partial charge is 0.287 e. The predicted molar refractivity (Wildman–Crippen MR) is 70.6 cm³/mol. The van der Waals surface area contributed by atoms with E-state index in [1.807, 2.05) is 0 Å². The number of hydrogen-bond acceptors (Lipinski definition) is 2. The average molecular weight is 261 g/mol. The van der Waals surface area contributed by atoms with Gasteiger partial charge in [-0.05, 0) is 38.0 Å². The van der Waals surface area contributed by atoms with E-state index in [2.05, 4.69) is 5.32 Å². The van der Waals surface area contributed by atoms with E-state index in [9.17, 15) is 9.18 Å². The van der Waals surface area contributed by atoms with Gasteiger partial charge in [-0.2, -0.15) is 0 Å². The van der Waals surface area contributed by atoms with E-state index in [0.29, 0.717) is 22.3 Å². The van der Waals surface area contributed by atoms with Crippen molar-refractivity contribution >= 4 is 16.9 Å². The summed E-state index contributed by atoms with van der Waals surface area (Å²) in [5.74, 6) is -0.215. The quantitative estimate of drug-likeness (QED) is 0.898. The largest absolute Gasteiger partial charge is 0.451 e. The van der Waals surface area contributed by atoms with Gasteiger partial charge in [-0.25, -0.2) is 4.39 Å². The molecule has 3 rings (SSSR count). The Morgan fingerprint density at radius 1 is 1.37 bits per heavy atom. The Hall–Kier alpha value is -1.84. The first-order chi connectivity index (χ1) is 9.15. The van der Waals surface area contributed by atoms with E-state index >= 15 is 0 Å². The Kier molecular flexibility index (Phi) is 3.01. The normalized spacial score (nSPS) is 16.1. The number of carbonyl (C=O) groups is 1. The summed E-state index contributed by atoms with van der Waals surface area (Å²) in [5.41, 5.74) is 1.25. The fourth-order valence-corrected chi connectivity index (χ4v) is 2.73. The minimum atomic E-state index is -0.320. The molecule has 1 aliphatic rings. The van der Waals surface area contributed by atoms with Crippen molar-refractivity contribution < 1.29 is 13.6 Å². The van der Waals surface area contributed by atoms with E-state index in [0.717, 1.165) is 25.7 Å². The van der Waals surface area contributed by atoms with Crippen molar-refractivity contribution in [2.24, 2.45) is 0 Å². The topological polar surface area (TPSA) is 42.2 Å². The number of nitrogens with one attached hydrogen (secondary N) is 1. The minimum Gasteiger partial charge on any atom is -0.451 e. The third-order valence-corrected chi connectivity index (χ3v) is 3.79. The third kappa shape index (κ3) is 2.23. The number of carbonyl (C=O) groups excluding carboxylic acids is 1. The van der Waals surface area contributed by atoms with E-state index < -0.39 is 0 Å². The molecule has 100 valence electrons. The Bertz CT molecular complexity index is 626. The van der Waals surface area contributed by atoms with Crippen LogP contribution in [0.2, 0.25) is 0 Å². The van der Waals surface area contributed by atoms with Crippen LogP contribution in [-0.2, 0) is 0 Å². The van der Waals surface area contributed by atoms with Crippen LogP contribution < -0.4 is 5.32 Å². The number of rotatable bonds is 2. The van der Waals surface area contributed by atoms with Gasteiger partial charge >= 0.3 is 0 Å². The second kappa shape index (κ2) is 4.68. The van der Waals surface area contributed by atoms with Gasteiger partial charge in [0.15, 0.2) is 5.76 Å². The van der Waals surface area contributed by atoms with Gasteiger partial charge in [0, 0.05) is 17.0 Å². The van der Waals surface area contributed by atoms with Gasteiger partial charge in [0.05, 0.1) is 0 Å². The molecule has 0 unspecified atom stereocenters. The highest BCUT2D eigenvalue weighted by molar-refractivity contribution is 5.99. The van der Waals surface area contributed by atoms with E-state index in [4.69, 9.17) is 4.42 Å². The van der Waals surface area contributed by atoms with Crippen LogP contribution in [0.15, 0.2) is 22.6 Å². The van der Waals surface area contributed by atoms with Crippen LogP contribution >= 0.6 is 0 Å². The minimum absolute atomic E-state index is 0.194. The molecule has 0 radical (unpaired) electrons. The Morgan fingerprint density at radius 3 is 2.84 bits per heavy atom. The molecule has 19 heavy (non-hydrogen) atoms. The first kappa shape index (κ1) is 12.2. The maximum atomic E-state index is 13.2. The number of fused-ring (bicyclic) bond motifs is 1. The number of amides is 1. The molecule has 1 saturated carbocycles. The lowest BCUT2D eigenvalue weighted by Crippen LogP contribution is -2.32. The molecule has 1 amide bonds. The molecule has 1 N–H and O–H groups in total. The predicted octanol–water partition coefficient (Wildman–Crippen LogP) is 3.55. The van der Waals surface area contributed by atoms with Crippen molar-refractivity contribution in [3.05, 3.63) is 35.3 Å². The zero-order valence-corrected chi connectivity index (χ0v) is 10.8. The summed E-state index contributed by atoms with van der Waals surface area (Å²) in [4.78, 5) is 12.2. The maximum Gasteiger partial charge on any atom is 0.287 e. The zero-order valence-electron chi connectivity index (χ0n) is 10.8. The van der Waals surface area contributed by atoms with Gasteiger partial charge in [0.2, 0.25) is 0 Å². The van der Waals surface area contributed by atoms with Crippen molar-refractivity contribution in [3.8, 4) is 0 Å². The zero-order chi connectivity index (χ0) is 13.4. The lowest BCUT2D eigenvalue weighted by molar-refractivity contribution is 0.0911. The van der Waals surface area contributed by atoms with Gasteiger partial charge in [-0.15, -0.1) is 0 Å². The maximum absolute atomic E-state index is 13.2. The summed E-state index contributed by atoms with van der Waals surface area (Å²) in [5, 5.41) is 3.65. The SMILES string of the molecule is Cc1c(C(=O)NC2CCCC2)oc2ccc(F)cc12. The van der Waals surface area contributed by atoms with Crippen LogP contribution in [0.1, 0.15) is 41.8 Å². The lowest BCUT2D eigenvalue weighted by Gasteiger charge is -2.10. The first-order valence-electron chi connectivity index (χ1n) is 6.64. The molecule has 1 aromatic carbocycles. The summed E-state index contributed by atoms with van der Waals surface area (Å²) in [6, 6.07) is 4.55. The van der Waals surface area contributed by atoms with Crippen LogP contribution in [0.5, 0.6) is 0 Å². The fraction of sp³-hybridized carbons (Fsp3) is 0.400. The molecule has 0 aliphatic heterocycles. The average Bonchev–Trinajstić information content (AvgIpc) is 2.98. The molecule has 3 nitrogen and oxygen atoms in total. The third-order valence-electron chi connectivity index (χ3n) is 3.79. The van der Waals surface area contributed by atoms with Crippen LogP contribution in [0, 0.1) is 12.7 Å². The Morgan fingerprint density at radius 2 is 2.11 bits per heavy atom. The molecule has 0 spiro atoms. The molecule has 1 heterocycles. The Labute approximate surface area is 110 Å². The van der Waals surface area contributed by atoms with Crippen LogP contribution in [-0.4, -0.2) is 11.9 Å². The van der Waals surface area contributed by atoms with Crippen LogP contribution in [0.25, 0.3) is 11.0 Å². The van der Waals surface area contributed by atoms with Crippen molar-refractivity contribution in [2.75, 3.05) is 0 Å². The molecule has 0 atom stereocenters. The standard InChI is InChI=1S/C15H16FNO2/c1-9-12-8-10(16)6-7-13(12)19-14(9)15(18)17-11-4-2-3-5-11/h6-8,11H,2-5H2,1H3,(H,17,18). The number of benzene rings is 1. The molecular weight excluding hydrogens is 245 g/mol. The first-order valence-corrected chi connectivity index (χ1v) is 6.64. The highest BCUT2D eigenvalue weighted by Crippen LogP contribution is 2.26. The molecule has 1 fully saturated rings. The number of aryl methyl sites for hydroxylation is 1. The van der Waals surface area contributed by atoms with Gasteiger partial charge in [-0.1, -0.05) is 12.8 Å². The van der Waals surface area contributed by atoms with Crippen molar-refractivity contribution in [1.82, 2.24) is 5.32 Å². The Balaban J connectivity index is 1.91. The highest BCUT2D eigenvalue weighted by Gasteiger charge is 2.22.